The molecular weight excluding hydrogens is 294 g/mol. The highest BCUT2D eigenvalue weighted by Crippen LogP contribution is 2.28. The van der Waals surface area contributed by atoms with Crippen molar-refractivity contribution in [3.05, 3.63) is 78.6 Å². The molecule has 0 aliphatic rings. The lowest BCUT2D eigenvalue weighted by atomic mass is 10.2. The summed E-state index contributed by atoms with van der Waals surface area (Å²) in [5.74, 6) is 1.04. The molecule has 3 nitrogen and oxygen atoms in total. The number of aromatic nitrogens is 3. The van der Waals surface area contributed by atoms with Crippen LogP contribution in [0, 0.1) is 0 Å². The van der Waals surface area contributed by atoms with E-state index in [0.29, 0.717) is 0 Å². The first-order chi connectivity index (χ1) is 11.9. The van der Waals surface area contributed by atoms with Gasteiger partial charge >= 0.3 is 0 Å². The van der Waals surface area contributed by atoms with Crippen molar-refractivity contribution in [2.75, 3.05) is 0 Å². The van der Waals surface area contributed by atoms with Crippen LogP contribution in [-0.4, -0.2) is 14.5 Å². The number of H-pyrrole nitrogens is 1. The van der Waals surface area contributed by atoms with E-state index in [0.717, 1.165) is 29.8 Å². The molecule has 0 radical (unpaired) electrons. The van der Waals surface area contributed by atoms with Gasteiger partial charge in [0.2, 0.25) is 0 Å². The van der Waals surface area contributed by atoms with Gasteiger partial charge in [0, 0.05) is 34.8 Å². The van der Waals surface area contributed by atoms with Crippen molar-refractivity contribution < 1.29 is 0 Å². The third-order valence-corrected chi connectivity index (χ3v) is 4.69. The molecule has 0 bridgehead atoms. The Kier molecular flexibility index (Phi) is 2.92. The first-order valence-electron chi connectivity index (χ1n) is 8.30. The summed E-state index contributed by atoms with van der Waals surface area (Å²) in [5, 5.41) is 2.63. The van der Waals surface area contributed by atoms with Gasteiger partial charge in [0.1, 0.15) is 5.82 Å². The van der Waals surface area contributed by atoms with Gasteiger partial charge in [0.05, 0.1) is 11.0 Å². The summed E-state index contributed by atoms with van der Waals surface area (Å²) in [5.41, 5.74) is 4.72. The summed E-state index contributed by atoms with van der Waals surface area (Å²) in [4.78, 5) is 8.13. The Balaban J connectivity index is 1.58. The lowest BCUT2D eigenvalue weighted by Gasteiger charge is -2.06. The smallest absolute Gasteiger partial charge is 0.109 e. The van der Waals surface area contributed by atoms with Gasteiger partial charge in [0.25, 0.3) is 0 Å². The molecule has 24 heavy (non-hydrogen) atoms. The molecule has 3 aromatic carbocycles. The van der Waals surface area contributed by atoms with E-state index in [1.807, 2.05) is 12.1 Å². The third-order valence-electron chi connectivity index (χ3n) is 4.69. The lowest BCUT2D eigenvalue weighted by Crippen LogP contribution is -2.02. The van der Waals surface area contributed by atoms with Crippen LogP contribution in [0.4, 0.5) is 0 Å². The summed E-state index contributed by atoms with van der Waals surface area (Å²) in [6.07, 6.45) is 0.886. The van der Waals surface area contributed by atoms with Crippen molar-refractivity contribution in [3.8, 4) is 0 Å². The number of imidazole rings is 1. The molecule has 5 aromatic rings. The van der Waals surface area contributed by atoms with Crippen LogP contribution in [-0.2, 0) is 13.0 Å². The number of hydrogen-bond donors (Lipinski definition) is 1. The highest BCUT2D eigenvalue weighted by Gasteiger charge is 2.10. The molecular formula is C21H17N3. The van der Waals surface area contributed by atoms with Crippen molar-refractivity contribution in [2.45, 2.75) is 13.0 Å². The minimum Gasteiger partial charge on any atom is -0.342 e. The second-order valence-electron chi connectivity index (χ2n) is 6.14. The zero-order valence-corrected chi connectivity index (χ0v) is 13.2. The fraction of sp³-hybridized carbons (Fsp3) is 0.0952. The number of aryl methyl sites for hydroxylation is 2. The number of rotatable bonds is 3. The Labute approximate surface area is 139 Å². The molecule has 2 heterocycles. The van der Waals surface area contributed by atoms with E-state index in [1.54, 1.807) is 0 Å². The third kappa shape index (κ3) is 2.02. The minimum atomic E-state index is 0.886. The maximum absolute atomic E-state index is 4.70. The summed E-state index contributed by atoms with van der Waals surface area (Å²) in [6, 6.07) is 25.4. The summed E-state index contributed by atoms with van der Waals surface area (Å²) in [7, 11) is 0. The normalized spacial score (nSPS) is 11.7. The fourth-order valence-corrected chi connectivity index (χ4v) is 3.59. The zero-order chi connectivity index (χ0) is 15.9. The SMILES string of the molecule is c1ccc2[nH]c(CCn3c4ccccc4c4ccccc43)nc2c1. The molecule has 0 aliphatic heterocycles. The predicted molar refractivity (Wildman–Crippen MR) is 99.2 cm³/mol. The van der Waals surface area contributed by atoms with Crippen LogP contribution >= 0.6 is 0 Å². The van der Waals surface area contributed by atoms with E-state index >= 15 is 0 Å². The topological polar surface area (TPSA) is 33.6 Å². The van der Waals surface area contributed by atoms with Gasteiger partial charge in [-0.2, -0.15) is 0 Å². The standard InChI is InChI=1S/C21H17N3/c1-5-11-19-15(7-1)16-8-2-6-12-20(16)24(19)14-13-21-22-17-9-3-4-10-18(17)23-21/h1-12H,13-14H2,(H,22,23). The number of benzene rings is 3. The largest absolute Gasteiger partial charge is 0.342 e. The number of para-hydroxylation sites is 4. The molecule has 0 spiro atoms. The molecule has 0 unspecified atom stereocenters. The molecule has 116 valence electrons. The molecule has 3 heteroatoms. The summed E-state index contributed by atoms with van der Waals surface area (Å²) >= 11 is 0. The van der Waals surface area contributed by atoms with Crippen LogP contribution in [0.25, 0.3) is 32.8 Å². The monoisotopic (exact) mass is 311 g/mol. The highest BCUT2D eigenvalue weighted by molar-refractivity contribution is 6.07. The summed E-state index contributed by atoms with van der Waals surface area (Å²) < 4.78 is 2.40. The van der Waals surface area contributed by atoms with E-state index in [2.05, 4.69) is 70.2 Å². The van der Waals surface area contributed by atoms with E-state index in [4.69, 9.17) is 4.98 Å². The van der Waals surface area contributed by atoms with Crippen molar-refractivity contribution in [1.82, 2.24) is 14.5 Å². The number of hydrogen-bond acceptors (Lipinski definition) is 1. The fourth-order valence-electron chi connectivity index (χ4n) is 3.59. The molecule has 2 aromatic heterocycles. The molecule has 1 N–H and O–H groups in total. The Bertz CT molecular complexity index is 1080. The van der Waals surface area contributed by atoms with Crippen molar-refractivity contribution in [2.24, 2.45) is 0 Å². The van der Waals surface area contributed by atoms with Crippen LogP contribution in [0.5, 0.6) is 0 Å². The molecule has 0 saturated carbocycles. The minimum absolute atomic E-state index is 0.886. The Hall–Kier alpha value is -3.07. The van der Waals surface area contributed by atoms with Gasteiger partial charge < -0.3 is 9.55 Å². The van der Waals surface area contributed by atoms with Crippen LogP contribution in [0.2, 0.25) is 0 Å². The predicted octanol–water partition coefficient (Wildman–Crippen LogP) is 4.91. The second kappa shape index (κ2) is 5.24. The first kappa shape index (κ1) is 13.4. The number of nitrogens with one attached hydrogen (secondary N) is 1. The molecule has 0 amide bonds. The summed E-state index contributed by atoms with van der Waals surface area (Å²) in [6.45, 7) is 0.911. The Morgan fingerprint density at radius 2 is 1.38 bits per heavy atom. The van der Waals surface area contributed by atoms with Gasteiger partial charge in [-0.1, -0.05) is 48.5 Å². The highest BCUT2D eigenvalue weighted by atomic mass is 15.0. The van der Waals surface area contributed by atoms with Crippen LogP contribution in [0.1, 0.15) is 5.82 Å². The van der Waals surface area contributed by atoms with E-state index in [-0.39, 0.29) is 0 Å². The molecule has 0 atom stereocenters. The molecule has 5 rings (SSSR count). The van der Waals surface area contributed by atoms with Gasteiger partial charge in [-0.25, -0.2) is 4.98 Å². The number of nitrogens with zero attached hydrogens (tertiary/aromatic N) is 2. The van der Waals surface area contributed by atoms with E-state index < -0.39 is 0 Å². The average Bonchev–Trinajstić information content (AvgIpc) is 3.19. The molecule has 0 aliphatic carbocycles. The van der Waals surface area contributed by atoms with Crippen LogP contribution < -0.4 is 0 Å². The zero-order valence-electron chi connectivity index (χ0n) is 13.2. The van der Waals surface area contributed by atoms with E-state index in [9.17, 15) is 0 Å². The maximum Gasteiger partial charge on any atom is 0.109 e. The van der Waals surface area contributed by atoms with Crippen LogP contribution in [0.15, 0.2) is 72.8 Å². The van der Waals surface area contributed by atoms with Gasteiger partial charge in [-0.3, -0.25) is 0 Å². The quantitative estimate of drug-likeness (QED) is 0.504. The van der Waals surface area contributed by atoms with E-state index in [1.165, 1.54) is 21.8 Å². The molecule has 0 saturated heterocycles. The van der Waals surface area contributed by atoms with Gasteiger partial charge in [0.15, 0.2) is 0 Å². The molecule has 0 fully saturated rings. The van der Waals surface area contributed by atoms with Crippen LogP contribution in [0.3, 0.4) is 0 Å². The second-order valence-corrected chi connectivity index (χ2v) is 6.14. The van der Waals surface area contributed by atoms with Crippen molar-refractivity contribution in [1.29, 1.82) is 0 Å². The number of aromatic amines is 1. The average molecular weight is 311 g/mol. The van der Waals surface area contributed by atoms with Crippen molar-refractivity contribution in [3.63, 3.8) is 0 Å². The Morgan fingerprint density at radius 3 is 2.08 bits per heavy atom. The maximum atomic E-state index is 4.70. The number of fused-ring (bicyclic) bond motifs is 4. The Morgan fingerprint density at radius 1 is 0.750 bits per heavy atom. The van der Waals surface area contributed by atoms with Gasteiger partial charge in [-0.15, -0.1) is 0 Å². The lowest BCUT2D eigenvalue weighted by molar-refractivity contribution is 0.720. The van der Waals surface area contributed by atoms with Crippen molar-refractivity contribution >= 4 is 32.8 Å². The van der Waals surface area contributed by atoms with Gasteiger partial charge in [-0.05, 0) is 24.3 Å². The first-order valence-corrected chi connectivity index (χ1v) is 8.30.